The molecule has 0 aromatic heterocycles. The Bertz CT molecular complexity index is 757. The second-order valence-electron chi connectivity index (χ2n) is 6.83. The summed E-state index contributed by atoms with van der Waals surface area (Å²) >= 11 is 0. The Labute approximate surface area is 153 Å². The molecule has 9 heteroatoms. The number of halogens is 3. The van der Waals surface area contributed by atoms with Gasteiger partial charge in [-0.15, -0.1) is 0 Å². The summed E-state index contributed by atoms with van der Waals surface area (Å²) in [6, 6.07) is 3.59. The van der Waals surface area contributed by atoms with Gasteiger partial charge in [0.15, 0.2) is 6.04 Å². The average Bonchev–Trinajstić information content (AvgIpc) is 2.95. The normalized spacial score (nSPS) is 26.4. The first-order valence-electron chi connectivity index (χ1n) is 8.69. The number of rotatable bonds is 3. The maximum absolute atomic E-state index is 12.9. The molecule has 2 aliphatic rings. The molecule has 0 saturated carbocycles. The van der Waals surface area contributed by atoms with Crippen molar-refractivity contribution < 1.29 is 37.2 Å². The number of nitrogens with zero attached hydrogens (tertiary/aromatic N) is 1. The Morgan fingerprint density at radius 3 is 2.48 bits per heavy atom. The molecule has 2 saturated heterocycles. The van der Waals surface area contributed by atoms with Crippen LogP contribution in [0.15, 0.2) is 24.3 Å². The van der Waals surface area contributed by atoms with Crippen molar-refractivity contribution in [3.05, 3.63) is 29.8 Å². The van der Waals surface area contributed by atoms with Gasteiger partial charge in [0.2, 0.25) is 5.91 Å². The third-order valence-electron chi connectivity index (χ3n) is 5.23. The molecular formula is C18H20F3N2O4+. The van der Waals surface area contributed by atoms with Gasteiger partial charge in [0.25, 0.3) is 5.91 Å². The number of quaternary nitrogens is 1. The molecule has 146 valence electrons. The molecule has 2 aliphatic heterocycles. The minimum absolute atomic E-state index is 0.0483. The van der Waals surface area contributed by atoms with Crippen LogP contribution in [0.25, 0.3) is 0 Å². The van der Waals surface area contributed by atoms with Crippen LogP contribution in [0.1, 0.15) is 24.8 Å². The highest BCUT2D eigenvalue weighted by Gasteiger charge is 2.47. The maximum atomic E-state index is 12.9. The third-order valence-corrected chi connectivity index (χ3v) is 5.23. The summed E-state index contributed by atoms with van der Waals surface area (Å²) in [5.74, 6) is -1.50. The van der Waals surface area contributed by atoms with E-state index in [1.807, 2.05) is 0 Å². The SMILES string of the molecule is COC(=O)C1CC[NH+]([C@H]2CC(=O)N(c3cccc(C(F)(F)F)c3)C2=O)CC1. The van der Waals surface area contributed by atoms with Gasteiger partial charge in [-0.2, -0.15) is 13.2 Å². The number of anilines is 1. The Morgan fingerprint density at radius 1 is 1.22 bits per heavy atom. The molecule has 0 spiro atoms. The fraction of sp³-hybridized carbons (Fsp3) is 0.500. The van der Waals surface area contributed by atoms with Crippen molar-refractivity contribution in [3.63, 3.8) is 0 Å². The number of methoxy groups -OCH3 is 1. The van der Waals surface area contributed by atoms with Gasteiger partial charge in [0.1, 0.15) is 0 Å². The molecule has 1 N–H and O–H groups in total. The molecule has 0 bridgehead atoms. The van der Waals surface area contributed by atoms with E-state index in [9.17, 15) is 27.6 Å². The van der Waals surface area contributed by atoms with Crippen LogP contribution in [0.3, 0.4) is 0 Å². The Hall–Kier alpha value is -2.42. The molecule has 1 aromatic rings. The van der Waals surface area contributed by atoms with Crippen LogP contribution in [0, 0.1) is 5.92 Å². The summed E-state index contributed by atoms with van der Waals surface area (Å²) < 4.78 is 43.5. The van der Waals surface area contributed by atoms with Crippen LogP contribution in [0.4, 0.5) is 18.9 Å². The van der Waals surface area contributed by atoms with Crippen molar-refractivity contribution in [1.82, 2.24) is 0 Å². The number of hydrogen-bond donors (Lipinski definition) is 1. The molecule has 6 nitrogen and oxygen atoms in total. The highest BCUT2D eigenvalue weighted by Crippen LogP contribution is 2.33. The number of ether oxygens (including phenoxy) is 1. The summed E-state index contributed by atoms with van der Waals surface area (Å²) in [6.45, 7) is 1.06. The number of imide groups is 1. The van der Waals surface area contributed by atoms with Crippen LogP contribution in [-0.2, 0) is 25.3 Å². The van der Waals surface area contributed by atoms with Crippen molar-refractivity contribution in [1.29, 1.82) is 0 Å². The third kappa shape index (κ3) is 3.83. The van der Waals surface area contributed by atoms with E-state index >= 15 is 0 Å². The summed E-state index contributed by atoms with van der Waals surface area (Å²) in [6.07, 6.45) is -3.51. The van der Waals surface area contributed by atoms with Gasteiger partial charge in [-0.3, -0.25) is 14.4 Å². The minimum Gasteiger partial charge on any atom is -0.469 e. The number of hydrogen-bond acceptors (Lipinski definition) is 4. The summed E-state index contributed by atoms with van der Waals surface area (Å²) in [5, 5.41) is 0. The smallest absolute Gasteiger partial charge is 0.416 e. The lowest BCUT2D eigenvalue weighted by atomic mass is 9.95. The lowest BCUT2D eigenvalue weighted by Gasteiger charge is -2.30. The Balaban J connectivity index is 1.74. The summed E-state index contributed by atoms with van der Waals surface area (Å²) in [5.41, 5.74) is -0.971. The van der Waals surface area contributed by atoms with E-state index in [-0.39, 0.29) is 24.0 Å². The quantitative estimate of drug-likeness (QED) is 0.618. The zero-order chi connectivity index (χ0) is 19.8. The van der Waals surface area contributed by atoms with Gasteiger partial charge in [-0.1, -0.05) is 6.07 Å². The molecule has 2 fully saturated rings. The first-order chi connectivity index (χ1) is 12.7. The molecule has 1 aromatic carbocycles. The lowest BCUT2D eigenvalue weighted by molar-refractivity contribution is -0.920. The highest BCUT2D eigenvalue weighted by atomic mass is 19.4. The molecule has 1 atom stereocenters. The number of amides is 2. The Morgan fingerprint density at radius 2 is 1.89 bits per heavy atom. The average molecular weight is 385 g/mol. The molecule has 2 heterocycles. The summed E-state index contributed by atoms with van der Waals surface area (Å²) in [7, 11) is 1.33. The van der Waals surface area contributed by atoms with Crippen LogP contribution in [-0.4, -0.2) is 44.0 Å². The number of nitrogens with one attached hydrogen (secondary N) is 1. The van der Waals surface area contributed by atoms with Gasteiger partial charge < -0.3 is 9.64 Å². The first kappa shape index (κ1) is 19.3. The van der Waals surface area contributed by atoms with Crippen molar-refractivity contribution in [3.8, 4) is 0 Å². The monoisotopic (exact) mass is 385 g/mol. The molecule has 2 amide bonds. The lowest BCUT2D eigenvalue weighted by Crippen LogP contribution is -3.17. The zero-order valence-electron chi connectivity index (χ0n) is 14.7. The fourth-order valence-electron chi connectivity index (χ4n) is 3.78. The van der Waals surface area contributed by atoms with Gasteiger partial charge in [0, 0.05) is 12.8 Å². The molecule has 27 heavy (non-hydrogen) atoms. The zero-order valence-corrected chi connectivity index (χ0v) is 14.7. The van der Waals surface area contributed by atoms with E-state index in [4.69, 9.17) is 4.74 Å². The van der Waals surface area contributed by atoms with Gasteiger partial charge in [-0.05, 0) is 18.2 Å². The first-order valence-corrected chi connectivity index (χ1v) is 8.69. The number of carbonyl (C=O) groups is 3. The number of likely N-dealkylation sites (tertiary alicyclic amines) is 1. The van der Waals surface area contributed by atoms with E-state index < -0.39 is 29.6 Å². The van der Waals surface area contributed by atoms with Gasteiger partial charge in [0.05, 0.1) is 43.8 Å². The van der Waals surface area contributed by atoms with Crippen LogP contribution < -0.4 is 9.80 Å². The maximum Gasteiger partial charge on any atom is 0.416 e. The molecule has 0 aliphatic carbocycles. The largest absolute Gasteiger partial charge is 0.469 e. The number of carbonyl (C=O) groups excluding carboxylic acids is 3. The topological polar surface area (TPSA) is 68.1 Å². The van der Waals surface area contributed by atoms with Crippen LogP contribution in [0.2, 0.25) is 0 Å². The van der Waals surface area contributed by atoms with Crippen LogP contribution >= 0.6 is 0 Å². The van der Waals surface area contributed by atoms with E-state index in [2.05, 4.69) is 0 Å². The fourth-order valence-corrected chi connectivity index (χ4v) is 3.78. The number of alkyl halides is 3. The molecular weight excluding hydrogens is 365 g/mol. The number of benzene rings is 1. The summed E-state index contributed by atoms with van der Waals surface area (Å²) in [4.78, 5) is 38.4. The van der Waals surface area contributed by atoms with E-state index in [1.54, 1.807) is 0 Å². The highest BCUT2D eigenvalue weighted by molar-refractivity contribution is 6.21. The van der Waals surface area contributed by atoms with Crippen LogP contribution in [0.5, 0.6) is 0 Å². The second kappa shape index (κ2) is 7.30. The standard InChI is InChI=1S/C18H19F3N2O4/c1-27-17(26)11-5-7-22(8-6-11)14-10-15(24)23(16(14)25)13-4-2-3-12(9-13)18(19,20)21/h2-4,9,11,14H,5-8,10H2,1H3/p+1/t14-/m0/s1. The van der Waals surface area contributed by atoms with Gasteiger partial charge in [-0.25, -0.2) is 4.90 Å². The van der Waals surface area contributed by atoms with Crippen molar-refractivity contribution in [2.45, 2.75) is 31.5 Å². The molecule has 0 unspecified atom stereocenters. The predicted octanol–water partition coefficient (Wildman–Crippen LogP) is 0.805. The van der Waals surface area contributed by atoms with E-state index in [0.717, 1.165) is 21.9 Å². The van der Waals surface area contributed by atoms with Crippen molar-refractivity contribution in [2.75, 3.05) is 25.1 Å². The van der Waals surface area contributed by atoms with Crippen molar-refractivity contribution >= 4 is 23.5 Å². The number of esters is 1. The minimum atomic E-state index is -4.55. The molecule has 0 radical (unpaired) electrons. The van der Waals surface area contributed by atoms with E-state index in [0.29, 0.717) is 25.9 Å². The molecule has 3 rings (SSSR count). The number of piperidine rings is 1. The van der Waals surface area contributed by atoms with Gasteiger partial charge >= 0.3 is 12.1 Å². The second-order valence-corrected chi connectivity index (χ2v) is 6.83. The predicted molar refractivity (Wildman–Crippen MR) is 87.8 cm³/mol. The Kier molecular flexibility index (Phi) is 5.23. The van der Waals surface area contributed by atoms with E-state index in [1.165, 1.54) is 19.2 Å². The van der Waals surface area contributed by atoms with Crippen molar-refractivity contribution in [2.24, 2.45) is 5.92 Å².